The fourth-order valence-electron chi connectivity index (χ4n) is 0.379. The van der Waals surface area contributed by atoms with E-state index in [1.54, 1.807) is 0 Å². The molecule has 0 atom stereocenters. The van der Waals surface area contributed by atoms with Crippen molar-refractivity contribution in [3.05, 3.63) is 0 Å². The molecule has 0 aromatic rings. The summed E-state index contributed by atoms with van der Waals surface area (Å²) in [6.45, 7) is 0. The number of hydrogen-bond acceptors (Lipinski definition) is 1. The summed E-state index contributed by atoms with van der Waals surface area (Å²) >= 11 is 0. The van der Waals surface area contributed by atoms with Gasteiger partial charge in [0.15, 0.2) is 5.67 Å². The third-order valence-corrected chi connectivity index (χ3v) is 1.17. The number of amidine groups is 1. The largest absolute Gasteiger partial charge is 0.385 e. The summed E-state index contributed by atoms with van der Waals surface area (Å²) in [5, 5.41) is 6.61. The molecule has 1 fully saturated rings. The molecule has 0 bridgehead atoms. The van der Waals surface area contributed by atoms with Crippen molar-refractivity contribution in [2.75, 3.05) is 0 Å². The first-order chi connectivity index (χ1) is 3.15. The van der Waals surface area contributed by atoms with Crippen LogP contribution in [0.15, 0.2) is 0 Å². The molecule has 9 heavy (non-hydrogen) atoms. The maximum atomic E-state index is 12.3. The fraction of sp³-hybridized carbons (Fsp3) is 0.750. The lowest BCUT2D eigenvalue weighted by Gasteiger charge is -1.96. The van der Waals surface area contributed by atoms with Crippen molar-refractivity contribution in [1.82, 2.24) is 0 Å². The highest BCUT2D eigenvalue weighted by molar-refractivity contribution is 5.88. The van der Waals surface area contributed by atoms with Gasteiger partial charge < -0.3 is 5.73 Å². The number of halogens is 3. The first-order valence-electron chi connectivity index (χ1n) is 2.18. The maximum absolute atomic E-state index is 12.3. The monoisotopic (exact) mass is 174 g/mol. The molecule has 1 aliphatic rings. The summed E-state index contributed by atoms with van der Waals surface area (Å²) in [5.41, 5.74) is 3.45. The van der Waals surface area contributed by atoms with Crippen LogP contribution in [0.4, 0.5) is 4.39 Å². The number of nitrogens with two attached hydrogens (primary N) is 1. The van der Waals surface area contributed by atoms with Crippen LogP contribution in [0, 0.1) is 5.41 Å². The summed E-state index contributed by atoms with van der Waals surface area (Å²) in [7, 11) is 0. The second kappa shape index (κ2) is 3.22. The Morgan fingerprint density at radius 3 is 1.78 bits per heavy atom. The van der Waals surface area contributed by atoms with Gasteiger partial charge in [0.1, 0.15) is 5.84 Å². The highest BCUT2D eigenvalue weighted by atomic mass is 35.5. The minimum atomic E-state index is -1.39. The second-order valence-electron chi connectivity index (χ2n) is 1.88. The average Bonchev–Trinajstić information content (AvgIpc) is 2.21. The number of hydrogen-bond donors (Lipinski definition) is 2. The van der Waals surface area contributed by atoms with Crippen LogP contribution in [0.25, 0.3) is 0 Å². The van der Waals surface area contributed by atoms with E-state index in [4.69, 9.17) is 11.1 Å². The molecule has 5 heteroatoms. The Hall–Kier alpha value is -0.0200. The third kappa shape index (κ3) is 2.37. The van der Waals surface area contributed by atoms with E-state index < -0.39 is 5.67 Å². The Morgan fingerprint density at radius 1 is 1.44 bits per heavy atom. The van der Waals surface area contributed by atoms with Gasteiger partial charge in [0.2, 0.25) is 0 Å². The van der Waals surface area contributed by atoms with Crippen LogP contribution in [0.5, 0.6) is 0 Å². The van der Waals surface area contributed by atoms with Crippen LogP contribution in [-0.2, 0) is 0 Å². The molecule has 1 saturated carbocycles. The van der Waals surface area contributed by atoms with Gasteiger partial charge in [-0.05, 0) is 12.8 Å². The zero-order valence-corrected chi connectivity index (χ0v) is 6.32. The van der Waals surface area contributed by atoms with Crippen LogP contribution >= 0.6 is 24.8 Å². The number of rotatable bonds is 1. The minimum Gasteiger partial charge on any atom is -0.385 e. The summed E-state index contributed by atoms with van der Waals surface area (Å²) < 4.78 is 12.3. The molecule has 1 aliphatic carbocycles. The molecule has 0 radical (unpaired) electrons. The van der Waals surface area contributed by atoms with Crippen LogP contribution in [-0.4, -0.2) is 11.5 Å². The Kier molecular flexibility index (Phi) is 4.21. The molecular formula is C4H9Cl2FN2. The van der Waals surface area contributed by atoms with E-state index in [1.807, 2.05) is 0 Å². The normalized spacial score (nSPS) is 18.8. The minimum absolute atomic E-state index is 0. The van der Waals surface area contributed by atoms with Gasteiger partial charge in [-0.2, -0.15) is 0 Å². The zero-order chi connectivity index (χ0) is 5.49. The van der Waals surface area contributed by atoms with Crippen molar-refractivity contribution < 1.29 is 4.39 Å². The highest BCUT2D eigenvalue weighted by Gasteiger charge is 2.46. The summed E-state index contributed by atoms with van der Waals surface area (Å²) in [6.07, 6.45) is 0.894. The molecule has 0 aliphatic heterocycles. The van der Waals surface area contributed by atoms with Crippen LogP contribution in [0.1, 0.15) is 12.8 Å². The molecule has 0 amide bonds. The topological polar surface area (TPSA) is 49.9 Å². The van der Waals surface area contributed by atoms with Crippen molar-refractivity contribution in [3.8, 4) is 0 Å². The van der Waals surface area contributed by atoms with Crippen molar-refractivity contribution in [3.63, 3.8) is 0 Å². The van der Waals surface area contributed by atoms with E-state index in [0.29, 0.717) is 12.8 Å². The molecule has 56 valence electrons. The molecule has 0 aromatic carbocycles. The first-order valence-corrected chi connectivity index (χ1v) is 2.18. The lowest BCUT2D eigenvalue weighted by atomic mass is 10.3. The predicted octanol–water partition coefficient (Wildman–Crippen LogP) is 1.27. The fourth-order valence-corrected chi connectivity index (χ4v) is 0.379. The highest BCUT2D eigenvalue weighted by Crippen LogP contribution is 2.39. The van der Waals surface area contributed by atoms with Gasteiger partial charge in [0, 0.05) is 0 Å². The van der Waals surface area contributed by atoms with E-state index >= 15 is 0 Å². The average molecular weight is 175 g/mol. The van der Waals surface area contributed by atoms with Gasteiger partial charge in [-0.15, -0.1) is 24.8 Å². The first kappa shape index (κ1) is 11.7. The Bertz CT molecular complexity index is 113. The zero-order valence-electron chi connectivity index (χ0n) is 4.69. The SMILES string of the molecule is Cl.Cl.N=C(N)C1(F)CC1. The van der Waals surface area contributed by atoms with Crippen LogP contribution in [0.2, 0.25) is 0 Å². The van der Waals surface area contributed by atoms with Gasteiger partial charge in [-0.3, -0.25) is 5.41 Å². The van der Waals surface area contributed by atoms with Crippen LogP contribution < -0.4 is 5.73 Å². The van der Waals surface area contributed by atoms with Gasteiger partial charge in [-0.1, -0.05) is 0 Å². The van der Waals surface area contributed by atoms with E-state index in [2.05, 4.69) is 0 Å². The van der Waals surface area contributed by atoms with Gasteiger partial charge >= 0.3 is 0 Å². The quantitative estimate of drug-likeness (QED) is 0.457. The van der Waals surface area contributed by atoms with Crippen LogP contribution in [0.3, 0.4) is 0 Å². The summed E-state index contributed by atoms with van der Waals surface area (Å²) in [5.74, 6) is -0.312. The van der Waals surface area contributed by atoms with Gasteiger partial charge in [-0.25, -0.2) is 4.39 Å². The van der Waals surface area contributed by atoms with Crippen molar-refractivity contribution in [2.45, 2.75) is 18.5 Å². The van der Waals surface area contributed by atoms with Gasteiger partial charge in [0.05, 0.1) is 0 Å². The molecule has 2 nitrogen and oxygen atoms in total. The van der Waals surface area contributed by atoms with Crippen molar-refractivity contribution in [2.24, 2.45) is 5.73 Å². The van der Waals surface area contributed by atoms with Gasteiger partial charge in [0.25, 0.3) is 0 Å². The molecule has 1 rings (SSSR count). The molecule has 0 spiro atoms. The summed E-state index contributed by atoms with van der Waals surface area (Å²) in [4.78, 5) is 0. The molecular weight excluding hydrogens is 166 g/mol. The number of alkyl halides is 1. The van der Waals surface area contributed by atoms with Crippen molar-refractivity contribution >= 4 is 30.6 Å². The Labute approximate surface area is 65.3 Å². The lowest BCUT2D eigenvalue weighted by Crippen LogP contribution is -2.24. The second-order valence-corrected chi connectivity index (χ2v) is 1.88. The predicted molar refractivity (Wildman–Crippen MR) is 39.5 cm³/mol. The van der Waals surface area contributed by atoms with E-state index in [9.17, 15) is 4.39 Å². The Balaban J connectivity index is 0. The van der Waals surface area contributed by atoms with E-state index in [1.165, 1.54) is 0 Å². The van der Waals surface area contributed by atoms with Crippen molar-refractivity contribution in [1.29, 1.82) is 5.41 Å². The standard InChI is InChI=1S/C4H7FN2.2ClH/c5-4(1-2-4)3(6)7;;/h1-2H2,(H3,6,7);2*1H. The molecule has 0 unspecified atom stereocenters. The van der Waals surface area contributed by atoms with E-state index in [-0.39, 0.29) is 30.6 Å². The molecule has 3 N–H and O–H groups in total. The Morgan fingerprint density at radius 2 is 1.78 bits per heavy atom. The third-order valence-electron chi connectivity index (χ3n) is 1.17. The molecule has 0 heterocycles. The number of nitrogens with one attached hydrogen (secondary N) is 1. The molecule has 0 saturated heterocycles. The molecule has 0 aromatic heterocycles. The lowest BCUT2D eigenvalue weighted by molar-refractivity contribution is 0.402. The maximum Gasteiger partial charge on any atom is 0.167 e. The summed E-state index contributed by atoms with van der Waals surface area (Å²) in [6, 6.07) is 0. The van der Waals surface area contributed by atoms with E-state index in [0.717, 1.165) is 0 Å². The smallest absolute Gasteiger partial charge is 0.167 e.